The Kier molecular flexibility index (Phi) is 2.37. The number of rotatable bonds is 0. The molecule has 0 bridgehead atoms. The van der Waals surface area contributed by atoms with Gasteiger partial charge in [0.15, 0.2) is 0 Å². The van der Waals surface area contributed by atoms with Crippen molar-refractivity contribution >= 4 is 22.1 Å². The summed E-state index contributed by atoms with van der Waals surface area (Å²) in [5.41, 5.74) is 9.60. The molecule has 1 aromatic carbocycles. The van der Waals surface area contributed by atoms with Gasteiger partial charge in [0, 0.05) is 23.4 Å². The molecule has 0 radical (unpaired) electrons. The van der Waals surface area contributed by atoms with E-state index in [2.05, 4.69) is 73.1 Å². The summed E-state index contributed by atoms with van der Waals surface area (Å²) in [6.45, 7) is 8.50. The van der Waals surface area contributed by atoms with E-state index in [-0.39, 0.29) is 0 Å². The number of fused-ring (bicyclic) bond motifs is 6. The van der Waals surface area contributed by atoms with Gasteiger partial charge in [0.25, 0.3) is 11.0 Å². The van der Waals surface area contributed by atoms with Gasteiger partial charge >= 0.3 is 0 Å². The van der Waals surface area contributed by atoms with Crippen molar-refractivity contribution in [3.63, 3.8) is 0 Å². The van der Waals surface area contributed by atoms with Crippen molar-refractivity contribution in [2.45, 2.75) is 27.7 Å². The molecular weight excluding hydrogens is 258 g/mol. The van der Waals surface area contributed by atoms with Crippen molar-refractivity contribution in [2.24, 2.45) is 0 Å². The smallest absolute Gasteiger partial charge is 0.262 e. The zero-order chi connectivity index (χ0) is 14.7. The number of hydrogen-bond acceptors (Lipinski definition) is 1. The van der Waals surface area contributed by atoms with Crippen LogP contribution >= 0.6 is 0 Å². The van der Waals surface area contributed by atoms with Crippen LogP contribution in [0.5, 0.6) is 0 Å². The Hall–Kier alpha value is -2.42. The Bertz CT molecular complexity index is 944. The standard InChI is InChI=1S/C18H18N3/c1-11-8-16-18(9-12(11)2)21-17(10-13(3)14(4)19-21)15-6-5-7-20(15)16/h5-10H,1-4H3/q+1. The molecular formula is C18H18N3+. The number of aromatic nitrogens is 3. The number of hydrogen-bond donors (Lipinski definition) is 0. The second-order valence-corrected chi connectivity index (χ2v) is 5.90. The summed E-state index contributed by atoms with van der Waals surface area (Å²) in [7, 11) is 0. The van der Waals surface area contributed by atoms with Crippen molar-refractivity contribution < 1.29 is 4.52 Å². The van der Waals surface area contributed by atoms with E-state index in [4.69, 9.17) is 5.10 Å². The minimum Gasteiger partial charge on any atom is -0.305 e. The summed E-state index contributed by atoms with van der Waals surface area (Å²) in [6.07, 6.45) is 2.13. The minimum atomic E-state index is 1.07. The zero-order valence-corrected chi connectivity index (χ0v) is 12.8. The molecule has 0 unspecified atom stereocenters. The van der Waals surface area contributed by atoms with Gasteiger partial charge in [-0.2, -0.15) is 0 Å². The molecule has 0 fully saturated rings. The van der Waals surface area contributed by atoms with Gasteiger partial charge in [-0.15, -0.1) is 0 Å². The molecule has 4 rings (SSSR count). The van der Waals surface area contributed by atoms with E-state index in [9.17, 15) is 0 Å². The lowest BCUT2D eigenvalue weighted by molar-refractivity contribution is -0.553. The lowest BCUT2D eigenvalue weighted by Gasteiger charge is -2.06. The summed E-state index contributed by atoms with van der Waals surface area (Å²) in [5.74, 6) is 0. The largest absolute Gasteiger partial charge is 0.305 e. The van der Waals surface area contributed by atoms with Crippen LogP contribution < -0.4 is 4.52 Å². The SMILES string of the molecule is Cc1cc2c(cc1C)[n+]1nc(C)c(C)cc1c1cccn21. The monoisotopic (exact) mass is 276 g/mol. The fourth-order valence-electron chi connectivity index (χ4n) is 2.97. The van der Waals surface area contributed by atoms with Crippen LogP contribution in [0.25, 0.3) is 22.1 Å². The first-order valence-corrected chi connectivity index (χ1v) is 7.26. The predicted octanol–water partition coefficient (Wildman–Crippen LogP) is 3.46. The van der Waals surface area contributed by atoms with Crippen LogP contribution in [-0.2, 0) is 0 Å². The van der Waals surface area contributed by atoms with Crippen molar-refractivity contribution in [3.05, 3.63) is 58.9 Å². The van der Waals surface area contributed by atoms with E-state index in [1.807, 2.05) is 0 Å². The summed E-state index contributed by atoms with van der Waals surface area (Å²) < 4.78 is 4.34. The van der Waals surface area contributed by atoms with Gasteiger partial charge in [-0.1, -0.05) is 0 Å². The molecule has 0 saturated heterocycles. The molecule has 0 aliphatic carbocycles. The number of nitrogens with zero attached hydrogens (tertiary/aromatic N) is 3. The molecule has 0 atom stereocenters. The maximum Gasteiger partial charge on any atom is 0.262 e. The first-order valence-electron chi connectivity index (χ1n) is 7.26. The molecule has 104 valence electrons. The van der Waals surface area contributed by atoms with Crippen LogP contribution in [0.4, 0.5) is 0 Å². The van der Waals surface area contributed by atoms with Crippen molar-refractivity contribution in [1.82, 2.24) is 9.50 Å². The molecule has 3 heterocycles. The van der Waals surface area contributed by atoms with Gasteiger partial charge in [0.2, 0.25) is 0 Å². The highest BCUT2D eigenvalue weighted by Crippen LogP contribution is 2.22. The normalized spacial score (nSPS) is 11.8. The molecule has 3 nitrogen and oxygen atoms in total. The average Bonchev–Trinajstić information content (AvgIpc) is 2.93. The van der Waals surface area contributed by atoms with Gasteiger partial charge < -0.3 is 4.40 Å². The third kappa shape index (κ3) is 1.60. The molecule has 3 heteroatoms. The Labute approximate surface area is 123 Å². The fraction of sp³-hybridized carbons (Fsp3) is 0.222. The van der Waals surface area contributed by atoms with Crippen LogP contribution in [0.2, 0.25) is 0 Å². The van der Waals surface area contributed by atoms with Crippen LogP contribution in [0.3, 0.4) is 0 Å². The highest BCUT2D eigenvalue weighted by atomic mass is 15.2. The summed E-state index contributed by atoms with van der Waals surface area (Å²) in [4.78, 5) is 0. The molecule has 4 aromatic rings. The Balaban J connectivity index is 2.39. The van der Waals surface area contributed by atoms with Gasteiger partial charge in [0.1, 0.15) is 16.7 Å². The van der Waals surface area contributed by atoms with Gasteiger partial charge in [0.05, 0.1) is 0 Å². The quantitative estimate of drug-likeness (QED) is 0.356. The lowest BCUT2D eigenvalue weighted by atomic mass is 10.1. The van der Waals surface area contributed by atoms with E-state index in [0.717, 1.165) is 16.7 Å². The Morgan fingerprint density at radius 2 is 1.52 bits per heavy atom. The molecule has 0 aliphatic rings. The molecule has 0 N–H and O–H groups in total. The highest BCUT2D eigenvalue weighted by Gasteiger charge is 2.19. The first-order chi connectivity index (χ1) is 10.1. The van der Waals surface area contributed by atoms with E-state index >= 15 is 0 Å². The Morgan fingerprint density at radius 3 is 2.33 bits per heavy atom. The van der Waals surface area contributed by atoms with Crippen LogP contribution in [-0.4, -0.2) is 9.50 Å². The lowest BCUT2D eigenvalue weighted by Crippen LogP contribution is -2.30. The minimum absolute atomic E-state index is 1.07. The molecule has 0 saturated carbocycles. The first kappa shape index (κ1) is 12.3. The predicted molar refractivity (Wildman–Crippen MR) is 84.8 cm³/mol. The van der Waals surface area contributed by atoms with E-state index in [0.29, 0.717) is 0 Å². The number of aryl methyl sites for hydroxylation is 4. The summed E-state index contributed by atoms with van der Waals surface area (Å²) in [5, 5.41) is 4.81. The van der Waals surface area contributed by atoms with Gasteiger partial charge in [-0.25, -0.2) is 0 Å². The van der Waals surface area contributed by atoms with Gasteiger partial charge in [-0.3, -0.25) is 0 Å². The second-order valence-electron chi connectivity index (χ2n) is 5.90. The molecule has 0 spiro atoms. The molecule has 0 amide bonds. The van der Waals surface area contributed by atoms with Crippen LogP contribution in [0, 0.1) is 27.7 Å². The third-order valence-electron chi connectivity index (χ3n) is 4.49. The Morgan fingerprint density at radius 1 is 0.857 bits per heavy atom. The van der Waals surface area contributed by atoms with Crippen molar-refractivity contribution in [3.8, 4) is 0 Å². The van der Waals surface area contributed by atoms with E-state index in [1.165, 1.54) is 27.7 Å². The maximum atomic E-state index is 4.81. The number of benzene rings is 1. The zero-order valence-electron chi connectivity index (χ0n) is 12.8. The van der Waals surface area contributed by atoms with Crippen molar-refractivity contribution in [2.75, 3.05) is 0 Å². The second kappa shape index (κ2) is 4.04. The third-order valence-corrected chi connectivity index (χ3v) is 4.49. The van der Waals surface area contributed by atoms with Crippen molar-refractivity contribution in [1.29, 1.82) is 0 Å². The highest BCUT2D eigenvalue weighted by molar-refractivity contribution is 5.84. The fourth-order valence-corrected chi connectivity index (χ4v) is 2.97. The summed E-state index contributed by atoms with van der Waals surface area (Å²) >= 11 is 0. The van der Waals surface area contributed by atoms with Gasteiger partial charge in [-0.05, 0) is 67.1 Å². The topological polar surface area (TPSA) is 21.4 Å². The van der Waals surface area contributed by atoms with Crippen LogP contribution in [0.1, 0.15) is 22.4 Å². The maximum absolute atomic E-state index is 4.81. The van der Waals surface area contributed by atoms with E-state index < -0.39 is 0 Å². The van der Waals surface area contributed by atoms with E-state index in [1.54, 1.807) is 0 Å². The molecule has 21 heavy (non-hydrogen) atoms. The average molecular weight is 276 g/mol. The molecule has 0 aliphatic heterocycles. The summed E-state index contributed by atoms with van der Waals surface area (Å²) in [6, 6.07) is 11.0. The van der Waals surface area contributed by atoms with Crippen LogP contribution in [0.15, 0.2) is 36.5 Å². The molecule has 3 aromatic heterocycles.